The second-order valence-electron chi connectivity index (χ2n) is 9.29. The molecular weight excluding hydrogens is 392 g/mol. The molecule has 2 saturated heterocycles. The number of ether oxygens (including phenoxy) is 1. The van der Waals surface area contributed by atoms with E-state index in [9.17, 15) is 13.2 Å². The van der Waals surface area contributed by atoms with Crippen molar-refractivity contribution in [3.63, 3.8) is 0 Å². The number of nitrogens with one attached hydrogen (secondary N) is 2. The number of hydrogen-bond donors (Lipinski definition) is 2. The highest BCUT2D eigenvalue weighted by Gasteiger charge is 2.59. The van der Waals surface area contributed by atoms with Gasteiger partial charge in [-0.25, -0.2) is 13.2 Å². The Morgan fingerprint density at radius 3 is 2.38 bits per heavy atom. The van der Waals surface area contributed by atoms with Gasteiger partial charge in [-0.05, 0) is 58.9 Å². The number of nitriles is 1. The van der Waals surface area contributed by atoms with E-state index in [-0.39, 0.29) is 18.0 Å². The fourth-order valence-corrected chi connectivity index (χ4v) is 6.04. The number of hydrogen-bond acceptors (Lipinski definition) is 7. The summed E-state index contributed by atoms with van der Waals surface area (Å²) in [6.07, 6.45) is -0.527. The maximum absolute atomic E-state index is 13.5. The minimum absolute atomic E-state index is 0.0298. The fourth-order valence-electron chi connectivity index (χ4n) is 4.01. The Bertz CT molecular complexity index is 944. The van der Waals surface area contributed by atoms with Crippen LogP contribution < -0.4 is 10.6 Å². The second kappa shape index (κ2) is 6.97. The summed E-state index contributed by atoms with van der Waals surface area (Å²) in [5.41, 5.74) is -1.59. The number of nitrogens with zero attached hydrogens (tertiary/aromatic N) is 2. The first-order valence-electron chi connectivity index (χ1n) is 9.54. The zero-order valence-corrected chi connectivity index (χ0v) is 18.3. The zero-order chi connectivity index (χ0) is 21.7. The third-order valence-electron chi connectivity index (χ3n) is 5.22. The molecule has 0 aromatic heterocycles. The topological polar surface area (TPSA) is 112 Å². The Hall–Kier alpha value is -2.15. The van der Waals surface area contributed by atoms with E-state index < -0.39 is 38.0 Å². The van der Waals surface area contributed by atoms with Crippen LogP contribution in [0.25, 0.3) is 0 Å². The minimum Gasteiger partial charge on any atom is -0.444 e. The molecule has 1 aromatic rings. The number of benzene rings is 1. The van der Waals surface area contributed by atoms with E-state index in [0.29, 0.717) is 12.1 Å². The van der Waals surface area contributed by atoms with Gasteiger partial charge in [-0.1, -0.05) is 0 Å². The number of amides is 1. The van der Waals surface area contributed by atoms with E-state index in [1.54, 1.807) is 20.8 Å². The van der Waals surface area contributed by atoms with Crippen LogP contribution in [-0.2, 0) is 14.6 Å². The SMILES string of the molecule is CC1(C)NC[C@]2(CN(C(=O)OC(C)(C)C)C[C@@H]2S(=O)(=O)c2ccc(C#N)cc2)N1. The first-order chi connectivity index (χ1) is 13.3. The molecule has 9 heteroatoms. The van der Waals surface area contributed by atoms with Crippen molar-refractivity contribution >= 4 is 15.9 Å². The molecule has 0 saturated carbocycles. The van der Waals surface area contributed by atoms with Gasteiger partial charge in [0.05, 0.1) is 27.7 Å². The van der Waals surface area contributed by atoms with E-state index in [1.165, 1.54) is 29.2 Å². The molecule has 2 heterocycles. The minimum atomic E-state index is -3.78. The lowest BCUT2D eigenvalue weighted by Gasteiger charge is -2.32. The maximum Gasteiger partial charge on any atom is 0.410 e. The molecule has 158 valence electrons. The highest BCUT2D eigenvalue weighted by Crippen LogP contribution is 2.36. The van der Waals surface area contributed by atoms with Crippen LogP contribution in [0, 0.1) is 11.3 Å². The molecule has 0 unspecified atom stereocenters. The summed E-state index contributed by atoms with van der Waals surface area (Å²) in [5, 5.41) is 14.8. The molecule has 0 bridgehead atoms. The molecule has 2 atom stereocenters. The fraction of sp³-hybridized carbons (Fsp3) is 0.600. The monoisotopic (exact) mass is 420 g/mol. The van der Waals surface area contributed by atoms with Gasteiger partial charge < -0.3 is 9.64 Å². The van der Waals surface area contributed by atoms with Gasteiger partial charge in [0.25, 0.3) is 0 Å². The molecule has 2 aliphatic heterocycles. The lowest BCUT2D eigenvalue weighted by molar-refractivity contribution is 0.0282. The van der Waals surface area contributed by atoms with E-state index in [1.807, 2.05) is 19.9 Å². The summed E-state index contributed by atoms with van der Waals surface area (Å²) < 4.78 is 32.5. The average molecular weight is 421 g/mol. The summed E-state index contributed by atoms with van der Waals surface area (Å²) in [4.78, 5) is 14.3. The van der Waals surface area contributed by atoms with Gasteiger partial charge in [0.1, 0.15) is 10.9 Å². The van der Waals surface area contributed by atoms with Crippen molar-refractivity contribution in [3.05, 3.63) is 29.8 Å². The largest absolute Gasteiger partial charge is 0.444 e. The van der Waals surface area contributed by atoms with E-state index >= 15 is 0 Å². The summed E-state index contributed by atoms with van der Waals surface area (Å²) in [5.74, 6) is 0. The van der Waals surface area contributed by atoms with Crippen LogP contribution in [0.2, 0.25) is 0 Å². The van der Waals surface area contributed by atoms with Crippen molar-refractivity contribution < 1.29 is 17.9 Å². The van der Waals surface area contributed by atoms with Gasteiger partial charge in [-0.15, -0.1) is 0 Å². The summed E-state index contributed by atoms with van der Waals surface area (Å²) in [6.45, 7) is 9.85. The molecule has 3 rings (SSSR count). The molecule has 2 aliphatic rings. The number of carbonyl (C=O) groups is 1. The predicted octanol–water partition coefficient (Wildman–Crippen LogP) is 1.62. The first kappa shape index (κ1) is 21.6. The normalized spacial score (nSPS) is 26.5. The average Bonchev–Trinajstić information content (AvgIpc) is 3.13. The molecule has 1 amide bonds. The standard InChI is InChI=1S/C20H28N4O4S/c1-18(2,3)28-17(25)24-11-16(20(13-24)12-22-19(4,5)23-20)29(26,27)15-8-6-14(10-21)7-9-15/h6-9,16,22-23H,11-13H2,1-5H3/t16-,20+/m0/s1. The Morgan fingerprint density at radius 2 is 1.90 bits per heavy atom. The first-order valence-corrected chi connectivity index (χ1v) is 11.1. The van der Waals surface area contributed by atoms with Gasteiger partial charge in [-0.3, -0.25) is 10.6 Å². The van der Waals surface area contributed by atoms with Gasteiger partial charge in [0.2, 0.25) is 0 Å². The molecule has 2 N–H and O–H groups in total. The predicted molar refractivity (Wildman–Crippen MR) is 108 cm³/mol. The van der Waals surface area contributed by atoms with E-state index in [4.69, 9.17) is 10.00 Å². The molecule has 29 heavy (non-hydrogen) atoms. The summed E-state index contributed by atoms with van der Waals surface area (Å²) in [6, 6.07) is 7.87. The molecule has 8 nitrogen and oxygen atoms in total. The number of rotatable bonds is 2. The van der Waals surface area contributed by atoms with Gasteiger partial charge >= 0.3 is 6.09 Å². The summed E-state index contributed by atoms with van der Waals surface area (Å²) in [7, 11) is -3.78. The summed E-state index contributed by atoms with van der Waals surface area (Å²) >= 11 is 0. The highest BCUT2D eigenvalue weighted by molar-refractivity contribution is 7.92. The molecular formula is C20H28N4O4S. The number of carbonyl (C=O) groups excluding carboxylic acids is 1. The number of sulfone groups is 1. The molecule has 0 aliphatic carbocycles. The quantitative estimate of drug-likeness (QED) is 0.748. The Balaban J connectivity index is 1.97. The smallest absolute Gasteiger partial charge is 0.410 e. The molecule has 1 spiro atoms. The van der Waals surface area contributed by atoms with Crippen LogP contribution in [-0.4, -0.2) is 61.1 Å². The van der Waals surface area contributed by atoms with Crippen molar-refractivity contribution in [2.45, 2.75) is 61.6 Å². The van der Waals surface area contributed by atoms with Gasteiger partial charge in [-0.2, -0.15) is 5.26 Å². The van der Waals surface area contributed by atoms with Crippen LogP contribution >= 0.6 is 0 Å². The van der Waals surface area contributed by atoms with Crippen molar-refractivity contribution in [2.24, 2.45) is 0 Å². The van der Waals surface area contributed by atoms with Gasteiger partial charge in [0, 0.05) is 19.6 Å². The number of likely N-dealkylation sites (tertiary alicyclic amines) is 1. The van der Waals surface area contributed by atoms with E-state index in [2.05, 4.69) is 10.6 Å². The molecule has 2 fully saturated rings. The van der Waals surface area contributed by atoms with Gasteiger partial charge in [0.15, 0.2) is 9.84 Å². The van der Waals surface area contributed by atoms with Crippen molar-refractivity contribution in [1.82, 2.24) is 15.5 Å². The Labute approximate surface area is 172 Å². The van der Waals surface area contributed by atoms with Crippen LogP contribution in [0.4, 0.5) is 4.79 Å². The molecule has 0 radical (unpaired) electrons. The van der Waals surface area contributed by atoms with Crippen molar-refractivity contribution in [3.8, 4) is 6.07 Å². The third kappa shape index (κ3) is 4.25. The lowest BCUT2D eigenvalue weighted by Crippen LogP contribution is -2.58. The van der Waals surface area contributed by atoms with Crippen molar-refractivity contribution in [1.29, 1.82) is 5.26 Å². The molecule has 1 aromatic carbocycles. The van der Waals surface area contributed by atoms with Crippen molar-refractivity contribution in [2.75, 3.05) is 19.6 Å². The second-order valence-corrected chi connectivity index (χ2v) is 11.4. The van der Waals surface area contributed by atoms with Crippen LogP contribution in [0.3, 0.4) is 0 Å². The zero-order valence-electron chi connectivity index (χ0n) is 17.4. The van der Waals surface area contributed by atoms with Crippen LogP contribution in [0.1, 0.15) is 40.2 Å². The highest BCUT2D eigenvalue weighted by atomic mass is 32.2. The van der Waals surface area contributed by atoms with Crippen LogP contribution in [0.5, 0.6) is 0 Å². The third-order valence-corrected chi connectivity index (χ3v) is 7.50. The van der Waals surface area contributed by atoms with Crippen LogP contribution in [0.15, 0.2) is 29.2 Å². The Morgan fingerprint density at radius 1 is 1.28 bits per heavy atom. The Kier molecular flexibility index (Phi) is 5.18. The van der Waals surface area contributed by atoms with E-state index in [0.717, 1.165) is 0 Å². The lowest BCUT2D eigenvalue weighted by atomic mass is 9.99. The maximum atomic E-state index is 13.5.